The Bertz CT molecular complexity index is 1590. The summed E-state index contributed by atoms with van der Waals surface area (Å²) in [4.78, 5) is 15.2. The summed E-state index contributed by atoms with van der Waals surface area (Å²) in [6.45, 7) is 2.32. The molecule has 0 saturated heterocycles. The number of carboxylic acid groups (broad SMARTS) is 1. The fourth-order valence-electron chi connectivity index (χ4n) is 4.17. The molecular weight excluding hydrogens is 534 g/mol. The van der Waals surface area contributed by atoms with Gasteiger partial charge in [0.1, 0.15) is 29.5 Å². The van der Waals surface area contributed by atoms with E-state index in [1.807, 2.05) is 42.5 Å². The molecule has 0 fully saturated rings. The topological polar surface area (TPSA) is 85.5 Å². The van der Waals surface area contributed by atoms with Gasteiger partial charge in [-0.25, -0.2) is 9.78 Å². The third-order valence-electron chi connectivity index (χ3n) is 6.06. The summed E-state index contributed by atoms with van der Waals surface area (Å²) in [5, 5.41) is 16.1. The summed E-state index contributed by atoms with van der Waals surface area (Å²) in [6, 6.07) is 20.5. The Morgan fingerprint density at radius 2 is 1.71 bits per heavy atom. The molecule has 9 heteroatoms. The van der Waals surface area contributed by atoms with Gasteiger partial charge in [-0.05, 0) is 59.3 Å². The summed E-state index contributed by atoms with van der Waals surface area (Å²) in [7, 11) is 0. The van der Waals surface area contributed by atoms with Crippen LogP contribution in [0.3, 0.4) is 0 Å². The molecule has 0 unspecified atom stereocenters. The number of aromatic carboxylic acids is 1. The zero-order valence-electron chi connectivity index (χ0n) is 21.9. The number of halogens is 2. The molecule has 188 valence electrons. The second-order valence-corrected chi connectivity index (χ2v) is 9.34. The van der Waals surface area contributed by atoms with Crippen LogP contribution in [-0.4, -0.2) is 21.2 Å². The summed E-state index contributed by atoms with van der Waals surface area (Å²) in [5.74, 6) is 0.398. The Labute approximate surface area is 253 Å². The summed E-state index contributed by atoms with van der Waals surface area (Å²) in [5.41, 5.74) is 4.06. The van der Waals surface area contributed by atoms with Crippen LogP contribution < -0.4 is 34.3 Å². The molecule has 5 rings (SSSR count). The van der Waals surface area contributed by atoms with Gasteiger partial charge in [-0.1, -0.05) is 65.6 Å². The number of carbonyl (C=O) groups is 1. The maximum Gasteiger partial charge on any atom is 1.00 e. The van der Waals surface area contributed by atoms with Crippen molar-refractivity contribution in [2.24, 2.45) is 0 Å². The van der Waals surface area contributed by atoms with Gasteiger partial charge >= 0.3 is 35.5 Å². The zero-order valence-corrected chi connectivity index (χ0v) is 24.4. The van der Waals surface area contributed by atoms with Gasteiger partial charge in [-0.2, -0.15) is 0 Å². The SMILES string of the molecule is CCCc1onc(-c2c(Cl)cccc2Cl)c1COc1ccc(-c2ccc3cc(C(=O)O)ncc3c2)cc1.[H-].[Na+]. The molecule has 2 aromatic heterocycles. The number of hydrogen-bond acceptors (Lipinski definition) is 5. The standard InChI is InChI=1S/C29H22Cl2N2O4.Na.H/c1-2-4-26-22(28(33-37-26)27-23(30)5-3-6-24(27)31)16-36-21-11-9-17(10-12-21)18-7-8-19-14-25(29(34)35)32-15-20(19)13-18;;/h3,5-15H,2,4,16H2,1H3,(H,34,35);;/q;+1;-1. The molecule has 0 aliphatic rings. The smallest absolute Gasteiger partial charge is 1.00 e. The summed E-state index contributed by atoms with van der Waals surface area (Å²) < 4.78 is 11.8. The Balaban J connectivity index is 0.00000210. The van der Waals surface area contributed by atoms with Crippen LogP contribution in [0.25, 0.3) is 33.2 Å². The minimum absolute atomic E-state index is 0. The predicted octanol–water partition coefficient (Wildman–Crippen LogP) is 5.21. The van der Waals surface area contributed by atoms with Gasteiger partial charge in [0.2, 0.25) is 0 Å². The van der Waals surface area contributed by atoms with Crippen LogP contribution in [0, 0.1) is 0 Å². The summed E-state index contributed by atoms with van der Waals surface area (Å²) in [6.07, 6.45) is 3.19. The van der Waals surface area contributed by atoms with E-state index in [0.29, 0.717) is 27.1 Å². The minimum atomic E-state index is -1.04. The average molecular weight is 557 g/mol. The van der Waals surface area contributed by atoms with E-state index >= 15 is 0 Å². The van der Waals surface area contributed by atoms with Crippen molar-refractivity contribution in [2.45, 2.75) is 26.4 Å². The first-order valence-electron chi connectivity index (χ1n) is 11.7. The Morgan fingerprint density at radius 3 is 2.39 bits per heavy atom. The van der Waals surface area contributed by atoms with Crippen molar-refractivity contribution in [2.75, 3.05) is 0 Å². The number of aromatic nitrogens is 2. The molecular formula is C29H23Cl2N2NaO4. The number of rotatable bonds is 8. The Hall–Kier alpha value is -2.87. The van der Waals surface area contributed by atoms with Crippen molar-refractivity contribution >= 4 is 39.9 Å². The molecule has 0 atom stereocenters. The molecule has 38 heavy (non-hydrogen) atoms. The number of hydrogen-bond donors (Lipinski definition) is 1. The average Bonchev–Trinajstić information content (AvgIpc) is 3.29. The first-order chi connectivity index (χ1) is 17.9. The maximum atomic E-state index is 11.2. The first kappa shape index (κ1) is 28.1. The van der Waals surface area contributed by atoms with Crippen molar-refractivity contribution in [3.63, 3.8) is 0 Å². The predicted molar refractivity (Wildman–Crippen MR) is 146 cm³/mol. The molecule has 5 aromatic rings. The van der Waals surface area contributed by atoms with Gasteiger partial charge < -0.3 is 15.8 Å². The van der Waals surface area contributed by atoms with Crippen LogP contribution in [-0.2, 0) is 13.0 Å². The van der Waals surface area contributed by atoms with Gasteiger partial charge in [-0.15, -0.1) is 0 Å². The normalized spacial score (nSPS) is 10.8. The van der Waals surface area contributed by atoms with Crippen molar-refractivity contribution in [1.82, 2.24) is 10.1 Å². The number of pyridine rings is 1. The number of aryl methyl sites for hydroxylation is 1. The zero-order chi connectivity index (χ0) is 25.9. The monoisotopic (exact) mass is 556 g/mol. The second-order valence-electron chi connectivity index (χ2n) is 8.53. The van der Waals surface area contributed by atoms with E-state index in [0.717, 1.165) is 46.1 Å². The molecule has 0 spiro atoms. The van der Waals surface area contributed by atoms with Gasteiger partial charge in [0.25, 0.3) is 0 Å². The minimum Gasteiger partial charge on any atom is -1.00 e. The third kappa shape index (κ3) is 5.90. The molecule has 0 saturated carbocycles. The number of fused-ring (bicyclic) bond motifs is 1. The molecule has 1 N–H and O–H groups in total. The van der Waals surface area contributed by atoms with Crippen LogP contribution in [0.2, 0.25) is 10.0 Å². The van der Waals surface area contributed by atoms with Crippen LogP contribution >= 0.6 is 23.2 Å². The van der Waals surface area contributed by atoms with E-state index in [4.69, 9.17) is 37.6 Å². The number of benzene rings is 3. The Morgan fingerprint density at radius 1 is 1.00 bits per heavy atom. The van der Waals surface area contributed by atoms with E-state index < -0.39 is 5.97 Å². The van der Waals surface area contributed by atoms with Crippen LogP contribution in [0.5, 0.6) is 5.75 Å². The molecule has 6 nitrogen and oxygen atoms in total. The van der Waals surface area contributed by atoms with Crippen molar-refractivity contribution in [3.8, 4) is 28.1 Å². The fraction of sp³-hybridized carbons (Fsp3) is 0.138. The third-order valence-corrected chi connectivity index (χ3v) is 6.69. The quantitative estimate of drug-likeness (QED) is 0.264. The van der Waals surface area contributed by atoms with Crippen molar-refractivity contribution in [1.29, 1.82) is 0 Å². The largest absolute Gasteiger partial charge is 1.00 e. The van der Waals surface area contributed by atoms with E-state index in [9.17, 15) is 4.79 Å². The molecule has 0 bridgehead atoms. The molecule has 3 aromatic carbocycles. The van der Waals surface area contributed by atoms with E-state index in [-0.39, 0.29) is 43.3 Å². The maximum absolute atomic E-state index is 11.2. The van der Waals surface area contributed by atoms with Gasteiger partial charge in [-0.3, -0.25) is 0 Å². The van der Waals surface area contributed by atoms with E-state index in [2.05, 4.69) is 17.1 Å². The van der Waals surface area contributed by atoms with Gasteiger partial charge in [0.05, 0.1) is 15.6 Å². The number of nitrogens with zero attached hydrogens (tertiary/aromatic N) is 2. The molecule has 0 radical (unpaired) electrons. The van der Waals surface area contributed by atoms with Crippen LogP contribution in [0.15, 0.2) is 77.4 Å². The van der Waals surface area contributed by atoms with Gasteiger partial charge in [0.15, 0.2) is 0 Å². The molecule has 0 amide bonds. The molecule has 0 aliphatic carbocycles. The van der Waals surface area contributed by atoms with Gasteiger partial charge in [0, 0.05) is 23.6 Å². The second kappa shape index (κ2) is 12.3. The Kier molecular flexibility index (Phi) is 9.13. The van der Waals surface area contributed by atoms with E-state index in [1.165, 1.54) is 0 Å². The van der Waals surface area contributed by atoms with Crippen molar-refractivity contribution < 1.29 is 50.1 Å². The van der Waals surface area contributed by atoms with Crippen LogP contribution in [0.1, 0.15) is 36.6 Å². The first-order valence-corrected chi connectivity index (χ1v) is 12.5. The van der Waals surface area contributed by atoms with E-state index in [1.54, 1.807) is 30.5 Å². The van der Waals surface area contributed by atoms with Crippen LogP contribution in [0.4, 0.5) is 0 Å². The van der Waals surface area contributed by atoms with Crippen molar-refractivity contribution in [3.05, 3.63) is 100.0 Å². The fourth-order valence-corrected chi connectivity index (χ4v) is 4.75. The molecule has 2 heterocycles. The number of carboxylic acids is 1. The number of ether oxygens (including phenoxy) is 1. The molecule has 0 aliphatic heterocycles. The summed E-state index contributed by atoms with van der Waals surface area (Å²) >= 11 is 12.9.